The summed E-state index contributed by atoms with van der Waals surface area (Å²) in [4.78, 5) is 25.8. The van der Waals surface area contributed by atoms with Gasteiger partial charge < -0.3 is 14.5 Å². The topological polar surface area (TPSA) is 77.6 Å². The van der Waals surface area contributed by atoms with Crippen LogP contribution < -0.4 is 5.32 Å². The number of carbonyl (C=O) groups excluding carboxylic acids is 1. The highest BCUT2D eigenvalue weighted by Gasteiger charge is 2.28. The number of nitrogens with one attached hydrogen (secondary N) is 1. The van der Waals surface area contributed by atoms with Gasteiger partial charge in [0.15, 0.2) is 5.65 Å². The van der Waals surface area contributed by atoms with Crippen LogP contribution in [0.4, 0.5) is 0 Å². The molecule has 1 fully saturated rings. The summed E-state index contributed by atoms with van der Waals surface area (Å²) in [7, 11) is 0. The summed E-state index contributed by atoms with van der Waals surface area (Å²) in [6, 6.07) is 2.31. The van der Waals surface area contributed by atoms with Gasteiger partial charge in [-0.3, -0.25) is 4.79 Å². The Morgan fingerprint density at radius 3 is 2.77 bits per heavy atom. The lowest BCUT2D eigenvalue weighted by molar-refractivity contribution is 0.0892. The maximum atomic E-state index is 12.8. The van der Waals surface area contributed by atoms with E-state index in [4.69, 9.17) is 0 Å². The van der Waals surface area contributed by atoms with Crippen molar-refractivity contribution in [3.05, 3.63) is 42.9 Å². The van der Waals surface area contributed by atoms with Crippen LogP contribution in [0.5, 0.6) is 0 Å². The van der Waals surface area contributed by atoms with E-state index in [1.807, 2.05) is 23.2 Å². The van der Waals surface area contributed by atoms with Crippen LogP contribution in [0, 0.1) is 5.41 Å². The van der Waals surface area contributed by atoms with E-state index in [2.05, 4.69) is 45.6 Å². The molecule has 26 heavy (non-hydrogen) atoms. The molecule has 0 radical (unpaired) electrons. The molecule has 1 atom stereocenters. The van der Waals surface area contributed by atoms with Crippen molar-refractivity contribution in [3.8, 4) is 0 Å². The van der Waals surface area contributed by atoms with E-state index in [1.165, 1.54) is 12.8 Å². The molecule has 7 heteroatoms. The summed E-state index contributed by atoms with van der Waals surface area (Å²) in [6.07, 6.45) is 11.2. The lowest BCUT2D eigenvalue weighted by Crippen LogP contribution is -2.46. The third kappa shape index (κ3) is 3.34. The molecule has 1 aliphatic rings. The lowest BCUT2D eigenvalue weighted by atomic mass is 9.86. The number of nitrogens with zero attached hydrogens (tertiary/aromatic N) is 5. The number of hydrogen-bond acceptors (Lipinski definition) is 4. The van der Waals surface area contributed by atoms with E-state index in [1.54, 1.807) is 18.7 Å². The number of amides is 1. The van der Waals surface area contributed by atoms with Crippen LogP contribution in [0.3, 0.4) is 0 Å². The number of rotatable bonds is 5. The van der Waals surface area contributed by atoms with Crippen molar-refractivity contribution in [3.63, 3.8) is 0 Å². The molecule has 3 aromatic heterocycles. The molecule has 0 bridgehead atoms. The van der Waals surface area contributed by atoms with Crippen molar-refractivity contribution in [2.75, 3.05) is 0 Å². The Balaban J connectivity index is 1.54. The second-order valence-corrected chi connectivity index (χ2v) is 8.10. The van der Waals surface area contributed by atoms with Crippen LogP contribution in [-0.2, 0) is 6.54 Å². The third-order valence-corrected chi connectivity index (χ3v) is 4.92. The Morgan fingerprint density at radius 1 is 1.31 bits per heavy atom. The standard InChI is InChI=1S/C19H24N6O/c1-19(2,3)16(10-24-7-6-20-11-24)23-18(26)13-8-15-17(21-9-13)25(12-22-15)14-4-5-14/h6-9,11-12,14,16H,4-5,10H2,1-3H3,(H,23,26). The Hall–Kier alpha value is -2.70. The average molecular weight is 352 g/mol. The minimum Gasteiger partial charge on any atom is -0.347 e. The average Bonchev–Trinajstić information content (AvgIpc) is 3.14. The molecular weight excluding hydrogens is 328 g/mol. The van der Waals surface area contributed by atoms with E-state index in [-0.39, 0.29) is 17.4 Å². The molecular formula is C19H24N6O. The van der Waals surface area contributed by atoms with Crippen molar-refractivity contribution >= 4 is 17.1 Å². The minimum absolute atomic E-state index is 0.0380. The van der Waals surface area contributed by atoms with Crippen LogP contribution in [0.15, 0.2) is 37.3 Å². The lowest BCUT2D eigenvalue weighted by Gasteiger charge is -2.31. The molecule has 4 rings (SSSR count). The summed E-state index contributed by atoms with van der Waals surface area (Å²) in [5.74, 6) is -0.125. The molecule has 1 N–H and O–H groups in total. The number of carbonyl (C=O) groups is 1. The Kier molecular flexibility index (Phi) is 4.01. The van der Waals surface area contributed by atoms with Gasteiger partial charge in [-0.1, -0.05) is 20.8 Å². The number of pyridine rings is 1. The molecule has 7 nitrogen and oxygen atoms in total. The van der Waals surface area contributed by atoms with E-state index in [9.17, 15) is 4.79 Å². The van der Waals surface area contributed by atoms with Crippen LogP contribution in [0.2, 0.25) is 0 Å². The van der Waals surface area contributed by atoms with Crippen LogP contribution in [-0.4, -0.2) is 36.0 Å². The zero-order valence-corrected chi connectivity index (χ0v) is 15.4. The molecule has 3 aromatic rings. The van der Waals surface area contributed by atoms with Gasteiger partial charge >= 0.3 is 0 Å². The highest BCUT2D eigenvalue weighted by molar-refractivity contribution is 5.96. The van der Waals surface area contributed by atoms with Crippen molar-refractivity contribution in [2.24, 2.45) is 5.41 Å². The zero-order chi connectivity index (χ0) is 18.3. The first-order valence-electron chi connectivity index (χ1n) is 9.01. The normalized spacial score (nSPS) is 16.0. The van der Waals surface area contributed by atoms with Crippen LogP contribution >= 0.6 is 0 Å². The molecule has 3 heterocycles. The summed E-state index contributed by atoms with van der Waals surface area (Å²) in [5, 5.41) is 3.16. The Labute approximate surface area is 152 Å². The van der Waals surface area contributed by atoms with Gasteiger partial charge in [-0.15, -0.1) is 0 Å². The molecule has 1 saturated carbocycles. The second-order valence-electron chi connectivity index (χ2n) is 8.10. The van der Waals surface area contributed by atoms with Gasteiger partial charge in [0.1, 0.15) is 5.52 Å². The smallest absolute Gasteiger partial charge is 0.253 e. The first-order valence-corrected chi connectivity index (χ1v) is 9.01. The van der Waals surface area contributed by atoms with Gasteiger partial charge in [0.05, 0.1) is 24.3 Å². The summed E-state index contributed by atoms with van der Waals surface area (Å²) < 4.78 is 4.09. The third-order valence-electron chi connectivity index (χ3n) is 4.92. The van der Waals surface area contributed by atoms with Gasteiger partial charge in [-0.05, 0) is 24.3 Å². The number of aromatic nitrogens is 5. The maximum Gasteiger partial charge on any atom is 0.253 e. The molecule has 1 amide bonds. The Morgan fingerprint density at radius 2 is 2.12 bits per heavy atom. The van der Waals surface area contributed by atoms with E-state index < -0.39 is 0 Å². The van der Waals surface area contributed by atoms with E-state index in [0.717, 1.165) is 11.2 Å². The van der Waals surface area contributed by atoms with Crippen molar-refractivity contribution in [1.82, 2.24) is 29.4 Å². The second kappa shape index (κ2) is 6.23. The number of imidazole rings is 2. The van der Waals surface area contributed by atoms with Crippen molar-refractivity contribution in [1.29, 1.82) is 0 Å². The van der Waals surface area contributed by atoms with Gasteiger partial charge in [0, 0.05) is 31.2 Å². The fraction of sp³-hybridized carbons (Fsp3) is 0.474. The van der Waals surface area contributed by atoms with E-state index in [0.29, 0.717) is 18.2 Å². The van der Waals surface area contributed by atoms with E-state index >= 15 is 0 Å². The van der Waals surface area contributed by atoms with Gasteiger partial charge in [-0.2, -0.15) is 0 Å². The first kappa shape index (κ1) is 16.8. The van der Waals surface area contributed by atoms with Crippen LogP contribution in [0.1, 0.15) is 50.0 Å². The quantitative estimate of drug-likeness (QED) is 0.766. The molecule has 0 spiro atoms. The predicted molar refractivity (Wildman–Crippen MR) is 98.7 cm³/mol. The van der Waals surface area contributed by atoms with Gasteiger partial charge in [0.25, 0.3) is 5.91 Å². The number of fused-ring (bicyclic) bond motifs is 1. The molecule has 1 unspecified atom stereocenters. The monoisotopic (exact) mass is 352 g/mol. The highest BCUT2D eigenvalue weighted by atomic mass is 16.1. The summed E-state index contributed by atoms with van der Waals surface area (Å²) in [5.41, 5.74) is 2.07. The SMILES string of the molecule is CC(C)(C)C(Cn1ccnc1)NC(=O)c1cnc2c(c1)ncn2C1CC1. The minimum atomic E-state index is -0.125. The first-order chi connectivity index (χ1) is 12.4. The predicted octanol–water partition coefficient (Wildman–Crippen LogP) is 2.81. The molecule has 0 aromatic carbocycles. The molecule has 136 valence electrons. The summed E-state index contributed by atoms with van der Waals surface area (Å²) >= 11 is 0. The largest absolute Gasteiger partial charge is 0.347 e. The van der Waals surface area contributed by atoms with Crippen molar-refractivity contribution in [2.45, 2.75) is 52.2 Å². The Bertz CT molecular complexity index is 917. The van der Waals surface area contributed by atoms with Crippen molar-refractivity contribution < 1.29 is 4.79 Å². The molecule has 0 saturated heterocycles. The van der Waals surface area contributed by atoms with Gasteiger partial charge in [-0.25, -0.2) is 15.0 Å². The molecule has 0 aliphatic heterocycles. The molecule has 1 aliphatic carbocycles. The zero-order valence-electron chi connectivity index (χ0n) is 15.4. The summed E-state index contributed by atoms with van der Waals surface area (Å²) in [6.45, 7) is 7.02. The van der Waals surface area contributed by atoms with Crippen LogP contribution in [0.25, 0.3) is 11.2 Å². The fourth-order valence-electron chi connectivity index (χ4n) is 3.05. The fourth-order valence-corrected chi connectivity index (χ4v) is 3.05. The number of hydrogen-bond donors (Lipinski definition) is 1. The van der Waals surface area contributed by atoms with Gasteiger partial charge in [0.2, 0.25) is 0 Å². The highest BCUT2D eigenvalue weighted by Crippen LogP contribution is 2.36. The maximum absolute atomic E-state index is 12.8.